The Morgan fingerprint density at radius 1 is 0.386 bits per heavy atom. The molecule has 1 aliphatic heterocycles. The largest absolute Gasteiger partial charge is 0.310 e. The Hall–Kier alpha value is -7.16. The van der Waals surface area contributed by atoms with E-state index in [1.807, 2.05) is 0 Å². The van der Waals surface area contributed by atoms with Crippen LogP contribution in [0.4, 0.5) is 34.1 Å². The van der Waals surface area contributed by atoms with Crippen molar-refractivity contribution >= 4 is 44.9 Å². The van der Waals surface area contributed by atoms with Gasteiger partial charge in [0, 0.05) is 33.3 Å². The number of rotatable bonds is 7. The van der Waals surface area contributed by atoms with E-state index in [0.717, 1.165) is 17.1 Å². The maximum absolute atomic E-state index is 2.53. The number of para-hydroxylation sites is 2. The van der Waals surface area contributed by atoms with Crippen molar-refractivity contribution in [1.29, 1.82) is 0 Å². The summed E-state index contributed by atoms with van der Waals surface area (Å²) in [5, 5.41) is 2.44. The van der Waals surface area contributed by atoms with Crippen LogP contribution in [0.25, 0.3) is 44.2 Å². The van der Waals surface area contributed by atoms with E-state index >= 15 is 0 Å². The van der Waals surface area contributed by atoms with Gasteiger partial charge in [0.15, 0.2) is 0 Å². The van der Waals surface area contributed by atoms with Crippen LogP contribution in [0.5, 0.6) is 0 Å². The molecule has 0 aromatic heterocycles. The van der Waals surface area contributed by atoms with E-state index in [1.54, 1.807) is 0 Å². The number of anilines is 6. The lowest BCUT2D eigenvalue weighted by Crippen LogP contribution is -2.31. The maximum Gasteiger partial charge on any atom is 0.0618 e. The van der Waals surface area contributed by atoms with Crippen molar-refractivity contribution < 1.29 is 0 Å². The highest BCUT2D eigenvalue weighted by Gasteiger charge is 2.38. The SMILES string of the molecule is CC1(C)c2ccccc2N(c2c(-c3ccccc3)ccc3ccccc23)c2ccc(N(c3ccc(-c4ccccc4)cc3)c3ccccc3-c3ccccc3)cc21. The zero-order valence-electron chi connectivity index (χ0n) is 32.2. The van der Waals surface area contributed by atoms with Crippen LogP contribution in [-0.2, 0) is 5.41 Å². The minimum Gasteiger partial charge on any atom is -0.310 e. The molecule has 0 saturated heterocycles. The zero-order chi connectivity index (χ0) is 38.3. The smallest absolute Gasteiger partial charge is 0.0618 e. The van der Waals surface area contributed by atoms with Crippen LogP contribution in [0.2, 0.25) is 0 Å². The molecule has 57 heavy (non-hydrogen) atoms. The van der Waals surface area contributed by atoms with Gasteiger partial charge in [0.2, 0.25) is 0 Å². The molecule has 9 aromatic carbocycles. The first-order valence-electron chi connectivity index (χ1n) is 19.8. The number of fused-ring (bicyclic) bond motifs is 3. The third kappa shape index (κ3) is 5.98. The Kier molecular flexibility index (Phi) is 8.53. The van der Waals surface area contributed by atoms with Crippen LogP contribution in [0, 0.1) is 0 Å². The molecule has 0 amide bonds. The zero-order valence-corrected chi connectivity index (χ0v) is 32.2. The van der Waals surface area contributed by atoms with Crippen molar-refractivity contribution in [1.82, 2.24) is 0 Å². The molecule has 0 unspecified atom stereocenters. The van der Waals surface area contributed by atoms with Gasteiger partial charge in [0.1, 0.15) is 0 Å². The van der Waals surface area contributed by atoms with Crippen LogP contribution >= 0.6 is 0 Å². The summed E-state index contributed by atoms with van der Waals surface area (Å²) in [5.74, 6) is 0. The fourth-order valence-corrected chi connectivity index (χ4v) is 8.81. The van der Waals surface area contributed by atoms with Crippen molar-refractivity contribution in [3.05, 3.63) is 230 Å². The molecule has 0 bridgehead atoms. The fourth-order valence-electron chi connectivity index (χ4n) is 8.81. The molecule has 0 radical (unpaired) electrons. The molecule has 0 aliphatic carbocycles. The van der Waals surface area contributed by atoms with E-state index in [4.69, 9.17) is 0 Å². The summed E-state index contributed by atoms with van der Waals surface area (Å²) in [6.45, 7) is 4.76. The van der Waals surface area contributed by atoms with Crippen molar-refractivity contribution in [3.63, 3.8) is 0 Å². The van der Waals surface area contributed by atoms with Gasteiger partial charge in [0.05, 0.1) is 22.7 Å². The molecule has 0 fully saturated rings. The van der Waals surface area contributed by atoms with E-state index in [-0.39, 0.29) is 5.41 Å². The van der Waals surface area contributed by atoms with Gasteiger partial charge >= 0.3 is 0 Å². The molecular weight excluding hydrogens is 689 g/mol. The Morgan fingerprint density at radius 3 is 1.67 bits per heavy atom. The van der Waals surface area contributed by atoms with Gasteiger partial charge < -0.3 is 9.80 Å². The molecule has 9 aromatic rings. The average Bonchev–Trinajstić information content (AvgIpc) is 3.28. The highest BCUT2D eigenvalue weighted by atomic mass is 15.2. The van der Waals surface area contributed by atoms with Gasteiger partial charge in [-0.15, -0.1) is 0 Å². The van der Waals surface area contributed by atoms with Crippen LogP contribution in [0.3, 0.4) is 0 Å². The van der Waals surface area contributed by atoms with E-state index < -0.39 is 0 Å². The minimum absolute atomic E-state index is 0.294. The molecule has 0 atom stereocenters. The molecule has 1 aliphatic rings. The van der Waals surface area contributed by atoms with Gasteiger partial charge in [-0.3, -0.25) is 0 Å². The van der Waals surface area contributed by atoms with Crippen molar-refractivity contribution in [2.24, 2.45) is 0 Å². The number of hydrogen-bond acceptors (Lipinski definition) is 2. The summed E-state index contributed by atoms with van der Waals surface area (Å²) in [6, 6.07) is 79.4. The number of nitrogens with zero attached hydrogens (tertiary/aromatic N) is 2. The summed E-state index contributed by atoms with van der Waals surface area (Å²) < 4.78 is 0. The maximum atomic E-state index is 2.53. The Morgan fingerprint density at radius 2 is 0.930 bits per heavy atom. The lowest BCUT2D eigenvalue weighted by molar-refractivity contribution is 0.632. The Labute approximate surface area is 335 Å². The monoisotopic (exact) mass is 730 g/mol. The normalized spacial score (nSPS) is 12.8. The van der Waals surface area contributed by atoms with Crippen LogP contribution in [-0.4, -0.2) is 0 Å². The lowest BCUT2D eigenvalue weighted by Gasteiger charge is -2.43. The van der Waals surface area contributed by atoms with E-state index in [2.05, 4.69) is 242 Å². The van der Waals surface area contributed by atoms with Gasteiger partial charge in [-0.1, -0.05) is 190 Å². The molecule has 0 N–H and O–H groups in total. The highest BCUT2D eigenvalue weighted by molar-refractivity contribution is 6.07. The van der Waals surface area contributed by atoms with Crippen molar-refractivity contribution in [2.75, 3.05) is 9.80 Å². The summed E-state index contributed by atoms with van der Waals surface area (Å²) in [6.07, 6.45) is 0. The molecule has 2 nitrogen and oxygen atoms in total. The molecule has 1 heterocycles. The Bertz CT molecular complexity index is 2860. The minimum atomic E-state index is -0.294. The van der Waals surface area contributed by atoms with Gasteiger partial charge in [-0.05, 0) is 81.2 Å². The van der Waals surface area contributed by atoms with Gasteiger partial charge in [-0.25, -0.2) is 0 Å². The average molecular weight is 731 g/mol. The molecular formula is C55H42N2. The standard InChI is InChI=1S/C55H42N2/c1-55(2)49-27-15-17-29-52(49)57(54-47-26-13-12-24-43(47)32-36-48(54)42-22-10-5-11-23-42)53-37-35-45(38-50(53)55)56(44-33-30-40(31-34-44)39-18-6-3-7-19-39)51-28-16-14-25-46(51)41-20-8-4-9-21-41/h3-38H,1-2H3. The molecule has 0 saturated carbocycles. The fraction of sp³-hybridized carbons (Fsp3) is 0.0545. The summed E-state index contributed by atoms with van der Waals surface area (Å²) in [5.41, 5.74) is 16.4. The topological polar surface area (TPSA) is 6.48 Å². The predicted octanol–water partition coefficient (Wildman–Crippen LogP) is 15.4. The first-order chi connectivity index (χ1) is 28.1. The van der Waals surface area contributed by atoms with E-state index in [9.17, 15) is 0 Å². The van der Waals surface area contributed by atoms with E-state index in [0.29, 0.717) is 0 Å². The van der Waals surface area contributed by atoms with Crippen LogP contribution < -0.4 is 9.80 Å². The quantitative estimate of drug-likeness (QED) is 0.161. The third-order valence-corrected chi connectivity index (χ3v) is 11.6. The van der Waals surface area contributed by atoms with Crippen LogP contribution in [0.1, 0.15) is 25.0 Å². The van der Waals surface area contributed by atoms with Gasteiger partial charge in [0.25, 0.3) is 0 Å². The second-order valence-electron chi connectivity index (χ2n) is 15.4. The summed E-state index contributed by atoms with van der Waals surface area (Å²) in [4.78, 5) is 4.97. The molecule has 272 valence electrons. The van der Waals surface area contributed by atoms with E-state index in [1.165, 1.54) is 72.3 Å². The van der Waals surface area contributed by atoms with Gasteiger partial charge in [-0.2, -0.15) is 0 Å². The summed E-state index contributed by atoms with van der Waals surface area (Å²) in [7, 11) is 0. The Balaban J connectivity index is 1.21. The highest BCUT2D eigenvalue weighted by Crippen LogP contribution is 2.56. The number of benzene rings is 9. The lowest BCUT2D eigenvalue weighted by atomic mass is 9.73. The van der Waals surface area contributed by atoms with Crippen molar-refractivity contribution in [2.45, 2.75) is 19.3 Å². The molecule has 10 rings (SSSR count). The number of hydrogen-bond donors (Lipinski definition) is 0. The molecule has 0 spiro atoms. The van der Waals surface area contributed by atoms with Crippen molar-refractivity contribution in [3.8, 4) is 33.4 Å². The predicted molar refractivity (Wildman–Crippen MR) is 242 cm³/mol. The first kappa shape index (κ1) is 34.3. The second kappa shape index (κ2) is 14.2. The molecule has 2 heteroatoms. The summed E-state index contributed by atoms with van der Waals surface area (Å²) >= 11 is 0. The second-order valence-corrected chi connectivity index (χ2v) is 15.4. The van der Waals surface area contributed by atoms with Crippen LogP contribution in [0.15, 0.2) is 218 Å². The first-order valence-corrected chi connectivity index (χ1v) is 19.8. The third-order valence-electron chi connectivity index (χ3n) is 11.6.